The Balaban J connectivity index is 2.35. The van der Waals surface area contributed by atoms with Crippen LogP contribution in [0.5, 0.6) is 0 Å². The maximum atomic E-state index is 9.81. The van der Waals surface area contributed by atoms with E-state index < -0.39 is 0 Å². The summed E-state index contributed by atoms with van der Waals surface area (Å²) in [5, 5.41) is 9.81. The van der Waals surface area contributed by atoms with Gasteiger partial charge in [-0.25, -0.2) is 0 Å². The maximum Gasteiger partial charge on any atom is 0.0682 e. The predicted molar refractivity (Wildman–Crippen MR) is 76.6 cm³/mol. The molecule has 0 aromatic heterocycles. The summed E-state index contributed by atoms with van der Waals surface area (Å²) < 4.78 is 0. The largest absolute Gasteiger partial charge is 0.392 e. The average molecular weight is 257 g/mol. The molecule has 2 atom stereocenters. The second-order valence-corrected chi connectivity index (χ2v) is 6.77. The minimum absolute atomic E-state index is 0.141. The molecule has 0 spiro atoms. The van der Waals surface area contributed by atoms with Crippen LogP contribution in [0.1, 0.15) is 33.1 Å². The molecule has 0 aromatic rings. The summed E-state index contributed by atoms with van der Waals surface area (Å²) in [6.07, 6.45) is 3.10. The van der Waals surface area contributed by atoms with Gasteiger partial charge in [0.2, 0.25) is 0 Å². The highest BCUT2D eigenvalue weighted by molar-refractivity contribution is 4.86. The van der Waals surface area contributed by atoms with Crippen molar-refractivity contribution >= 4 is 0 Å². The number of aliphatic hydroxyl groups is 1. The quantitative estimate of drug-likeness (QED) is 0.707. The number of β-amino-alcohol motifs (C(OH)–C–C–N with tert-alkyl or cyclic N) is 1. The van der Waals surface area contributed by atoms with E-state index in [1.54, 1.807) is 0 Å². The second kappa shape index (κ2) is 6.85. The number of rotatable bonds is 7. The lowest BCUT2D eigenvalue weighted by atomic mass is 9.88. The zero-order chi connectivity index (χ0) is 13.8. The highest BCUT2D eigenvalue weighted by atomic mass is 16.3. The van der Waals surface area contributed by atoms with Gasteiger partial charge in [-0.2, -0.15) is 0 Å². The fourth-order valence-corrected chi connectivity index (χ4v) is 2.71. The molecule has 1 saturated heterocycles. The van der Waals surface area contributed by atoms with Crippen molar-refractivity contribution < 1.29 is 5.11 Å². The van der Waals surface area contributed by atoms with Gasteiger partial charge in [-0.1, -0.05) is 13.8 Å². The molecule has 0 aromatic carbocycles. The summed E-state index contributed by atoms with van der Waals surface area (Å²) in [6, 6.07) is 0.510. The topological polar surface area (TPSA) is 52.7 Å². The first-order valence-electron chi connectivity index (χ1n) is 7.11. The number of nitrogens with zero attached hydrogens (tertiary/aromatic N) is 2. The Morgan fingerprint density at radius 2 is 2.06 bits per heavy atom. The lowest BCUT2D eigenvalue weighted by Crippen LogP contribution is -2.38. The Morgan fingerprint density at radius 3 is 2.61 bits per heavy atom. The molecule has 0 amide bonds. The Hall–Kier alpha value is -0.160. The average Bonchev–Trinajstić information content (AvgIpc) is 2.58. The van der Waals surface area contributed by atoms with Gasteiger partial charge in [0.25, 0.3) is 0 Å². The first-order valence-corrected chi connectivity index (χ1v) is 7.11. The van der Waals surface area contributed by atoms with Crippen molar-refractivity contribution in [2.75, 3.05) is 40.3 Å². The smallest absolute Gasteiger partial charge is 0.0682 e. The van der Waals surface area contributed by atoms with Crippen LogP contribution < -0.4 is 5.73 Å². The van der Waals surface area contributed by atoms with Crippen LogP contribution in [0.4, 0.5) is 0 Å². The molecule has 1 aliphatic rings. The molecule has 4 nitrogen and oxygen atoms in total. The van der Waals surface area contributed by atoms with Crippen LogP contribution in [0.15, 0.2) is 0 Å². The van der Waals surface area contributed by atoms with E-state index in [4.69, 9.17) is 5.73 Å². The van der Waals surface area contributed by atoms with Gasteiger partial charge >= 0.3 is 0 Å². The van der Waals surface area contributed by atoms with Gasteiger partial charge in [0, 0.05) is 19.1 Å². The number of likely N-dealkylation sites (N-methyl/N-ethyl adjacent to an activating group) is 1. The number of aliphatic hydroxyl groups excluding tert-OH is 1. The van der Waals surface area contributed by atoms with Crippen molar-refractivity contribution in [2.24, 2.45) is 11.1 Å². The molecule has 108 valence electrons. The van der Waals surface area contributed by atoms with Gasteiger partial charge in [0.1, 0.15) is 0 Å². The SMILES string of the molecule is CN(C)CC1CC(O)CN1CCCC(C)(C)CN. The van der Waals surface area contributed by atoms with Crippen molar-refractivity contribution in [3.05, 3.63) is 0 Å². The van der Waals surface area contributed by atoms with Crippen molar-refractivity contribution in [3.8, 4) is 0 Å². The molecule has 0 aliphatic carbocycles. The number of nitrogens with two attached hydrogens (primary N) is 1. The minimum atomic E-state index is -0.141. The number of likely N-dealkylation sites (tertiary alicyclic amines) is 1. The zero-order valence-electron chi connectivity index (χ0n) is 12.5. The molecule has 2 unspecified atom stereocenters. The third kappa shape index (κ3) is 5.22. The monoisotopic (exact) mass is 257 g/mol. The summed E-state index contributed by atoms with van der Waals surface area (Å²) >= 11 is 0. The first-order chi connectivity index (χ1) is 8.34. The standard InChI is InChI=1S/C14H31N3O/c1-14(2,11-15)6-5-7-17-10-13(18)8-12(17)9-16(3)4/h12-13,18H,5-11,15H2,1-4H3. The van der Waals surface area contributed by atoms with Gasteiger partial charge in [-0.05, 0) is 51.9 Å². The summed E-state index contributed by atoms with van der Waals surface area (Å²) in [7, 11) is 4.20. The highest BCUT2D eigenvalue weighted by Gasteiger charge is 2.30. The van der Waals surface area contributed by atoms with E-state index in [9.17, 15) is 5.11 Å². The molecule has 4 heteroatoms. The Labute approximate surface area is 112 Å². The van der Waals surface area contributed by atoms with Crippen LogP contribution in [0, 0.1) is 5.41 Å². The van der Waals surface area contributed by atoms with Crippen LogP contribution in [0.3, 0.4) is 0 Å². The van der Waals surface area contributed by atoms with E-state index in [0.29, 0.717) is 6.04 Å². The summed E-state index contributed by atoms with van der Waals surface area (Å²) in [5.41, 5.74) is 6.00. The van der Waals surface area contributed by atoms with Crippen molar-refractivity contribution in [2.45, 2.75) is 45.3 Å². The predicted octanol–water partition coefficient (Wildman–Crippen LogP) is 0.748. The normalized spacial score (nSPS) is 26.2. The summed E-state index contributed by atoms with van der Waals surface area (Å²) in [6.45, 7) is 8.15. The second-order valence-electron chi connectivity index (χ2n) is 6.77. The van der Waals surface area contributed by atoms with Gasteiger partial charge in [0.05, 0.1) is 6.10 Å². The van der Waals surface area contributed by atoms with Crippen LogP contribution >= 0.6 is 0 Å². The van der Waals surface area contributed by atoms with Gasteiger partial charge in [-0.15, -0.1) is 0 Å². The third-order valence-electron chi connectivity index (χ3n) is 3.93. The molecule has 1 fully saturated rings. The van der Waals surface area contributed by atoms with Crippen LogP contribution in [0.25, 0.3) is 0 Å². The molecule has 1 heterocycles. The highest BCUT2D eigenvalue weighted by Crippen LogP contribution is 2.23. The van der Waals surface area contributed by atoms with Crippen molar-refractivity contribution in [1.82, 2.24) is 9.80 Å². The zero-order valence-corrected chi connectivity index (χ0v) is 12.5. The first kappa shape index (κ1) is 15.9. The molecule has 1 rings (SSSR count). The van der Waals surface area contributed by atoms with Crippen molar-refractivity contribution in [1.29, 1.82) is 0 Å². The number of hydrogen-bond acceptors (Lipinski definition) is 4. The third-order valence-corrected chi connectivity index (χ3v) is 3.93. The van der Waals surface area contributed by atoms with E-state index in [2.05, 4.69) is 37.7 Å². The molecule has 18 heavy (non-hydrogen) atoms. The maximum absolute atomic E-state index is 9.81. The van der Waals surface area contributed by atoms with Crippen LogP contribution in [0.2, 0.25) is 0 Å². The van der Waals surface area contributed by atoms with Crippen LogP contribution in [-0.4, -0.2) is 67.3 Å². The lowest BCUT2D eigenvalue weighted by molar-refractivity contribution is 0.168. The van der Waals surface area contributed by atoms with Crippen molar-refractivity contribution in [3.63, 3.8) is 0 Å². The molecule has 0 saturated carbocycles. The van der Waals surface area contributed by atoms with Gasteiger partial charge < -0.3 is 15.7 Å². The molecule has 0 bridgehead atoms. The molecular weight excluding hydrogens is 226 g/mol. The van der Waals surface area contributed by atoms with E-state index in [0.717, 1.165) is 39.0 Å². The fourth-order valence-electron chi connectivity index (χ4n) is 2.71. The molecule has 3 N–H and O–H groups in total. The minimum Gasteiger partial charge on any atom is -0.392 e. The molecule has 1 aliphatic heterocycles. The molecular formula is C14H31N3O. The Bertz CT molecular complexity index is 243. The lowest BCUT2D eigenvalue weighted by Gasteiger charge is -2.28. The Morgan fingerprint density at radius 1 is 1.39 bits per heavy atom. The van der Waals surface area contributed by atoms with Crippen LogP contribution in [-0.2, 0) is 0 Å². The summed E-state index contributed by atoms with van der Waals surface area (Å²) in [5.74, 6) is 0. The van der Waals surface area contributed by atoms with E-state index >= 15 is 0 Å². The molecule has 0 radical (unpaired) electrons. The number of hydrogen-bond donors (Lipinski definition) is 2. The Kier molecular flexibility index (Phi) is 6.05. The fraction of sp³-hybridized carbons (Fsp3) is 1.00. The van der Waals surface area contributed by atoms with E-state index in [-0.39, 0.29) is 11.5 Å². The van der Waals surface area contributed by atoms with E-state index in [1.807, 2.05) is 0 Å². The van der Waals surface area contributed by atoms with Gasteiger partial charge in [-0.3, -0.25) is 4.90 Å². The van der Waals surface area contributed by atoms with E-state index in [1.165, 1.54) is 6.42 Å². The van der Waals surface area contributed by atoms with Gasteiger partial charge in [0.15, 0.2) is 0 Å². The summed E-state index contributed by atoms with van der Waals surface area (Å²) in [4.78, 5) is 4.65.